The predicted octanol–water partition coefficient (Wildman–Crippen LogP) is 2.86. The SMILES string of the molecule is CCOc1cc(C)c(-c2nc(CN)[nH]c2C)cc1C. The summed E-state index contributed by atoms with van der Waals surface area (Å²) in [6.07, 6.45) is 0. The van der Waals surface area contributed by atoms with Crippen LogP contribution < -0.4 is 10.5 Å². The largest absolute Gasteiger partial charge is 0.494 e. The van der Waals surface area contributed by atoms with Gasteiger partial charge in [-0.1, -0.05) is 0 Å². The summed E-state index contributed by atoms with van der Waals surface area (Å²) in [6.45, 7) is 9.25. The summed E-state index contributed by atoms with van der Waals surface area (Å²) in [5.41, 5.74) is 11.1. The molecule has 102 valence electrons. The Morgan fingerprint density at radius 2 is 1.95 bits per heavy atom. The van der Waals surface area contributed by atoms with Crippen LogP contribution in [0.15, 0.2) is 12.1 Å². The van der Waals surface area contributed by atoms with E-state index in [1.165, 1.54) is 0 Å². The molecule has 4 nitrogen and oxygen atoms in total. The second kappa shape index (κ2) is 5.45. The Hall–Kier alpha value is -1.81. The van der Waals surface area contributed by atoms with Gasteiger partial charge in [0.15, 0.2) is 0 Å². The van der Waals surface area contributed by atoms with Gasteiger partial charge in [0.05, 0.1) is 18.8 Å². The molecule has 2 rings (SSSR count). The molecule has 0 saturated heterocycles. The first-order valence-corrected chi connectivity index (χ1v) is 6.56. The monoisotopic (exact) mass is 259 g/mol. The minimum atomic E-state index is 0.426. The fraction of sp³-hybridized carbons (Fsp3) is 0.400. The first kappa shape index (κ1) is 13.6. The van der Waals surface area contributed by atoms with Gasteiger partial charge in [-0.15, -0.1) is 0 Å². The first-order chi connectivity index (χ1) is 9.06. The van der Waals surface area contributed by atoms with E-state index in [0.717, 1.165) is 39.7 Å². The maximum atomic E-state index is 5.63. The van der Waals surface area contributed by atoms with E-state index in [9.17, 15) is 0 Å². The molecule has 0 aliphatic heterocycles. The van der Waals surface area contributed by atoms with Crippen LogP contribution in [0.2, 0.25) is 0 Å². The number of nitrogens with zero attached hydrogens (tertiary/aromatic N) is 1. The molecule has 0 fully saturated rings. The van der Waals surface area contributed by atoms with Crippen LogP contribution >= 0.6 is 0 Å². The van der Waals surface area contributed by atoms with E-state index in [-0.39, 0.29) is 0 Å². The van der Waals surface area contributed by atoms with Crippen molar-refractivity contribution < 1.29 is 4.74 Å². The van der Waals surface area contributed by atoms with Crippen LogP contribution in [0.25, 0.3) is 11.3 Å². The van der Waals surface area contributed by atoms with Crippen molar-refractivity contribution in [2.75, 3.05) is 6.61 Å². The molecule has 3 N–H and O–H groups in total. The van der Waals surface area contributed by atoms with Crippen molar-refractivity contribution in [1.29, 1.82) is 0 Å². The van der Waals surface area contributed by atoms with Gasteiger partial charge < -0.3 is 15.5 Å². The second-order valence-corrected chi connectivity index (χ2v) is 4.73. The number of aryl methyl sites for hydroxylation is 3. The number of rotatable bonds is 4. The molecule has 0 aliphatic rings. The molecule has 4 heteroatoms. The van der Waals surface area contributed by atoms with Crippen LogP contribution in [0, 0.1) is 20.8 Å². The summed E-state index contributed by atoms with van der Waals surface area (Å²) in [5, 5.41) is 0. The molecule has 2 aromatic rings. The van der Waals surface area contributed by atoms with Crippen LogP contribution in [-0.4, -0.2) is 16.6 Å². The first-order valence-electron chi connectivity index (χ1n) is 6.56. The average Bonchev–Trinajstić information content (AvgIpc) is 2.75. The summed E-state index contributed by atoms with van der Waals surface area (Å²) in [5.74, 6) is 1.76. The molecule has 1 aromatic carbocycles. The molecule has 19 heavy (non-hydrogen) atoms. The Bertz CT molecular complexity index is 587. The van der Waals surface area contributed by atoms with Crippen molar-refractivity contribution in [3.8, 4) is 17.0 Å². The Labute approximate surface area is 114 Å². The fourth-order valence-corrected chi connectivity index (χ4v) is 2.24. The third kappa shape index (κ3) is 2.63. The lowest BCUT2D eigenvalue weighted by atomic mass is 10.0. The number of ether oxygens (including phenoxy) is 1. The van der Waals surface area contributed by atoms with Crippen LogP contribution in [0.3, 0.4) is 0 Å². The number of hydrogen-bond acceptors (Lipinski definition) is 3. The highest BCUT2D eigenvalue weighted by Gasteiger charge is 2.13. The zero-order chi connectivity index (χ0) is 14.0. The standard InChI is InChI=1S/C15H21N3O/c1-5-19-13-7-9(2)12(6-10(13)3)15-11(4)17-14(8-16)18-15/h6-7H,5,8,16H2,1-4H3,(H,17,18). The van der Waals surface area contributed by atoms with E-state index in [1.54, 1.807) is 0 Å². The van der Waals surface area contributed by atoms with E-state index < -0.39 is 0 Å². The Morgan fingerprint density at radius 1 is 1.21 bits per heavy atom. The van der Waals surface area contributed by atoms with Crippen LogP contribution in [0.5, 0.6) is 5.75 Å². The van der Waals surface area contributed by atoms with E-state index >= 15 is 0 Å². The molecule has 0 atom stereocenters. The van der Waals surface area contributed by atoms with Crippen molar-refractivity contribution in [2.45, 2.75) is 34.2 Å². The van der Waals surface area contributed by atoms with Gasteiger partial charge in [0.1, 0.15) is 11.6 Å². The lowest BCUT2D eigenvalue weighted by molar-refractivity contribution is 0.337. The maximum Gasteiger partial charge on any atom is 0.122 e. The number of benzene rings is 1. The number of H-pyrrole nitrogens is 1. The number of aromatic nitrogens is 2. The summed E-state index contributed by atoms with van der Waals surface area (Å²) in [4.78, 5) is 7.77. The highest BCUT2D eigenvalue weighted by molar-refractivity contribution is 5.68. The number of imidazole rings is 1. The van der Waals surface area contributed by atoms with Crippen molar-refractivity contribution in [2.24, 2.45) is 5.73 Å². The minimum absolute atomic E-state index is 0.426. The van der Waals surface area contributed by atoms with E-state index in [1.807, 2.05) is 13.8 Å². The van der Waals surface area contributed by atoms with Gasteiger partial charge >= 0.3 is 0 Å². The Morgan fingerprint density at radius 3 is 2.53 bits per heavy atom. The van der Waals surface area contributed by atoms with E-state index in [0.29, 0.717) is 13.2 Å². The molecule has 0 spiro atoms. The molecular weight excluding hydrogens is 238 g/mol. The van der Waals surface area contributed by atoms with Crippen LogP contribution in [-0.2, 0) is 6.54 Å². The molecule has 1 aromatic heterocycles. The number of aromatic amines is 1. The van der Waals surface area contributed by atoms with Crippen molar-refractivity contribution in [3.63, 3.8) is 0 Å². The number of nitrogens with two attached hydrogens (primary N) is 1. The highest BCUT2D eigenvalue weighted by Crippen LogP contribution is 2.30. The van der Waals surface area contributed by atoms with Gasteiger partial charge in [0.2, 0.25) is 0 Å². The third-order valence-electron chi connectivity index (χ3n) is 3.20. The van der Waals surface area contributed by atoms with Gasteiger partial charge in [-0.2, -0.15) is 0 Å². The number of nitrogens with one attached hydrogen (secondary N) is 1. The molecule has 0 aliphatic carbocycles. The Balaban J connectivity index is 2.50. The summed E-state index contributed by atoms with van der Waals surface area (Å²) in [6, 6.07) is 4.20. The quantitative estimate of drug-likeness (QED) is 0.887. The number of hydrogen-bond donors (Lipinski definition) is 2. The highest BCUT2D eigenvalue weighted by atomic mass is 16.5. The van der Waals surface area contributed by atoms with Gasteiger partial charge in [-0.3, -0.25) is 0 Å². The molecule has 0 radical (unpaired) electrons. The third-order valence-corrected chi connectivity index (χ3v) is 3.20. The van der Waals surface area contributed by atoms with Gasteiger partial charge in [-0.05, 0) is 51.0 Å². The summed E-state index contributed by atoms with van der Waals surface area (Å²) >= 11 is 0. The molecular formula is C15H21N3O. The Kier molecular flexibility index (Phi) is 3.90. The maximum absolute atomic E-state index is 5.63. The second-order valence-electron chi connectivity index (χ2n) is 4.73. The predicted molar refractivity (Wildman–Crippen MR) is 77.3 cm³/mol. The zero-order valence-electron chi connectivity index (χ0n) is 12.0. The molecule has 1 heterocycles. The molecule has 0 unspecified atom stereocenters. The van der Waals surface area contributed by atoms with Gasteiger partial charge in [-0.25, -0.2) is 4.98 Å². The average molecular weight is 259 g/mol. The molecule has 0 bridgehead atoms. The van der Waals surface area contributed by atoms with Gasteiger partial charge in [0.25, 0.3) is 0 Å². The van der Waals surface area contributed by atoms with Crippen LogP contribution in [0.1, 0.15) is 29.6 Å². The van der Waals surface area contributed by atoms with Crippen molar-refractivity contribution in [3.05, 3.63) is 34.8 Å². The van der Waals surface area contributed by atoms with Gasteiger partial charge in [0, 0.05) is 11.3 Å². The summed E-state index contributed by atoms with van der Waals surface area (Å²) in [7, 11) is 0. The normalized spacial score (nSPS) is 10.8. The van der Waals surface area contributed by atoms with Crippen molar-refractivity contribution >= 4 is 0 Å². The van der Waals surface area contributed by atoms with Crippen LogP contribution in [0.4, 0.5) is 0 Å². The smallest absolute Gasteiger partial charge is 0.122 e. The fourth-order valence-electron chi connectivity index (χ4n) is 2.24. The lowest BCUT2D eigenvalue weighted by Gasteiger charge is -2.11. The zero-order valence-corrected chi connectivity index (χ0v) is 12.0. The van der Waals surface area contributed by atoms with E-state index in [2.05, 4.69) is 35.9 Å². The van der Waals surface area contributed by atoms with Crippen molar-refractivity contribution in [1.82, 2.24) is 9.97 Å². The topological polar surface area (TPSA) is 63.9 Å². The molecule has 0 amide bonds. The minimum Gasteiger partial charge on any atom is -0.494 e. The lowest BCUT2D eigenvalue weighted by Crippen LogP contribution is -1.98. The summed E-state index contributed by atoms with van der Waals surface area (Å²) < 4.78 is 5.62. The molecule has 0 saturated carbocycles. The van der Waals surface area contributed by atoms with E-state index in [4.69, 9.17) is 10.5 Å².